The van der Waals surface area contributed by atoms with Crippen LogP contribution in [0.4, 0.5) is 0 Å². The summed E-state index contributed by atoms with van der Waals surface area (Å²) in [6.45, 7) is 2.80. The van der Waals surface area contributed by atoms with Crippen LogP contribution in [0.5, 0.6) is 0 Å². The van der Waals surface area contributed by atoms with Gasteiger partial charge in [0, 0.05) is 12.8 Å². The number of nitrogens with two attached hydrogens (primary N) is 1. The summed E-state index contributed by atoms with van der Waals surface area (Å²) in [5, 5.41) is 8.91. The first kappa shape index (κ1) is 60.0. The van der Waals surface area contributed by atoms with Crippen molar-refractivity contribution in [3.05, 3.63) is 24.3 Å². The molecule has 0 aliphatic carbocycles. The van der Waals surface area contributed by atoms with Gasteiger partial charge in [-0.3, -0.25) is 23.4 Å². The minimum atomic E-state index is -4.72. The monoisotopic (exact) mass is 900 g/mol. The first-order valence-corrected chi connectivity index (χ1v) is 26.9. The van der Waals surface area contributed by atoms with Gasteiger partial charge < -0.3 is 25.2 Å². The van der Waals surface area contributed by atoms with Crippen molar-refractivity contribution >= 4 is 25.7 Å². The van der Waals surface area contributed by atoms with Gasteiger partial charge in [-0.15, -0.1) is 0 Å². The van der Waals surface area contributed by atoms with Gasteiger partial charge in [-0.1, -0.05) is 212 Å². The number of phosphoric acid groups is 1. The van der Waals surface area contributed by atoms with Crippen LogP contribution in [-0.4, -0.2) is 59.9 Å². The van der Waals surface area contributed by atoms with Crippen LogP contribution in [0.25, 0.3) is 0 Å². The lowest BCUT2D eigenvalue weighted by atomic mass is 10.0. The maximum atomic E-state index is 12.7. The predicted octanol–water partition coefficient (Wildman–Crippen LogP) is 14.2. The highest BCUT2D eigenvalue weighted by Crippen LogP contribution is 2.43. The Hall–Kier alpha value is -2.04. The second kappa shape index (κ2) is 45.5. The number of carbonyl (C=O) groups excluding carboxylic acids is 2. The molecule has 0 fully saturated rings. The van der Waals surface area contributed by atoms with Crippen LogP contribution in [-0.2, 0) is 37.5 Å². The Morgan fingerprint density at radius 2 is 0.855 bits per heavy atom. The average Bonchev–Trinajstić information content (AvgIpc) is 3.25. The lowest BCUT2D eigenvalue weighted by Gasteiger charge is -2.20. The molecule has 12 heteroatoms. The Bertz CT molecular complexity index is 1150. The highest BCUT2D eigenvalue weighted by Gasteiger charge is 2.28. The quantitative estimate of drug-likeness (QED) is 0.0230. The van der Waals surface area contributed by atoms with E-state index < -0.39 is 51.1 Å². The largest absolute Gasteiger partial charge is 0.480 e. The number of unbranched alkanes of at least 4 members (excludes halogenated alkanes) is 30. The van der Waals surface area contributed by atoms with E-state index in [1.165, 1.54) is 141 Å². The predicted molar refractivity (Wildman–Crippen MR) is 254 cm³/mol. The van der Waals surface area contributed by atoms with Crippen molar-refractivity contribution in [2.24, 2.45) is 5.73 Å². The summed E-state index contributed by atoms with van der Waals surface area (Å²) in [4.78, 5) is 46.1. The summed E-state index contributed by atoms with van der Waals surface area (Å²) in [7, 11) is -4.72. The number of esters is 2. The van der Waals surface area contributed by atoms with Crippen LogP contribution in [0.15, 0.2) is 24.3 Å². The summed E-state index contributed by atoms with van der Waals surface area (Å²) in [5.74, 6) is -2.38. The molecule has 0 spiro atoms. The zero-order valence-corrected chi connectivity index (χ0v) is 40.6. The fraction of sp³-hybridized carbons (Fsp3) is 0.860. The molecule has 0 aromatic carbocycles. The molecule has 62 heavy (non-hydrogen) atoms. The third kappa shape index (κ3) is 44.6. The fourth-order valence-electron chi connectivity index (χ4n) is 7.22. The summed E-state index contributed by atoms with van der Waals surface area (Å²) < 4.78 is 32.8. The molecule has 0 radical (unpaired) electrons. The van der Waals surface area contributed by atoms with Gasteiger partial charge >= 0.3 is 25.7 Å². The van der Waals surface area contributed by atoms with Gasteiger partial charge in [0.1, 0.15) is 12.6 Å². The Morgan fingerprint density at radius 1 is 0.500 bits per heavy atom. The molecule has 0 rings (SSSR count). The summed E-state index contributed by atoms with van der Waals surface area (Å²) in [6.07, 6.45) is 49.6. The van der Waals surface area contributed by atoms with Crippen LogP contribution in [0.3, 0.4) is 0 Å². The number of ether oxygens (including phenoxy) is 2. The normalized spacial score (nSPS) is 13.7. The van der Waals surface area contributed by atoms with E-state index in [0.29, 0.717) is 12.8 Å². The molecule has 3 atom stereocenters. The molecular formula is C50H94NO10P. The molecule has 11 nitrogen and oxygen atoms in total. The molecule has 0 saturated carbocycles. The van der Waals surface area contributed by atoms with Crippen molar-refractivity contribution in [2.45, 2.75) is 257 Å². The minimum Gasteiger partial charge on any atom is -0.480 e. The van der Waals surface area contributed by atoms with Gasteiger partial charge in [0.25, 0.3) is 0 Å². The van der Waals surface area contributed by atoms with E-state index in [1.54, 1.807) is 0 Å². The highest BCUT2D eigenvalue weighted by molar-refractivity contribution is 7.47. The number of hydrogen-bond donors (Lipinski definition) is 3. The zero-order valence-electron chi connectivity index (χ0n) is 39.7. The molecule has 0 aromatic heterocycles. The van der Waals surface area contributed by atoms with E-state index >= 15 is 0 Å². The third-order valence-electron chi connectivity index (χ3n) is 11.2. The van der Waals surface area contributed by atoms with Gasteiger partial charge in [0.2, 0.25) is 0 Å². The van der Waals surface area contributed by atoms with Crippen LogP contribution < -0.4 is 5.73 Å². The van der Waals surface area contributed by atoms with Crippen LogP contribution >= 0.6 is 7.82 Å². The SMILES string of the molecule is CCCCC/C=C\C/C=C\CCCCCCCC(=O)OC(COC(=O)CCCCCCCCCCCCCCCCCCCCCCCCC)COP(=O)(O)OCC(N)C(=O)O. The molecule has 0 heterocycles. The van der Waals surface area contributed by atoms with Crippen molar-refractivity contribution < 1.29 is 47.5 Å². The number of carboxylic acid groups (broad SMARTS) is 1. The third-order valence-corrected chi connectivity index (χ3v) is 12.2. The topological polar surface area (TPSA) is 172 Å². The molecule has 0 aliphatic rings. The standard InChI is InChI=1S/C50H94NO10P/c1-3-5-7-9-11-13-15-17-19-20-21-22-23-24-25-26-28-29-31-33-35-37-39-41-48(52)58-43-46(44-59-62(56,57)60-45-47(51)50(54)55)61-49(53)42-40-38-36-34-32-30-27-18-16-14-12-10-8-6-4-2/h12,14,18,27,46-47H,3-11,13,15-17,19-26,28-45,51H2,1-2H3,(H,54,55)(H,56,57)/b14-12-,27-18-. The smallest absolute Gasteiger partial charge is 0.472 e. The Morgan fingerprint density at radius 3 is 1.29 bits per heavy atom. The number of carboxylic acids is 1. The molecule has 0 bridgehead atoms. The van der Waals surface area contributed by atoms with Crippen molar-refractivity contribution in [1.82, 2.24) is 0 Å². The van der Waals surface area contributed by atoms with Gasteiger partial charge in [-0.05, 0) is 44.9 Å². The molecule has 3 unspecified atom stereocenters. The highest BCUT2D eigenvalue weighted by atomic mass is 31.2. The van der Waals surface area contributed by atoms with E-state index in [4.69, 9.17) is 24.8 Å². The van der Waals surface area contributed by atoms with E-state index in [-0.39, 0.29) is 19.4 Å². The Kier molecular flexibility index (Phi) is 44.0. The number of hydrogen-bond acceptors (Lipinski definition) is 9. The molecular weight excluding hydrogens is 806 g/mol. The maximum absolute atomic E-state index is 12.7. The zero-order chi connectivity index (χ0) is 45.6. The van der Waals surface area contributed by atoms with Gasteiger partial charge in [0.05, 0.1) is 13.2 Å². The average molecular weight is 900 g/mol. The van der Waals surface area contributed by atoms with Gasteiger partial charge in [0.15, 0.2) is 6.10 Å². The lowest BCUT2D eigenvalue weighted by molar-refractivity contribution is -0.161. The Labute approximate surface area is 379 Å². The van der Waals surface area contributed by atoms with E-state index in [0.717, 1.165) is 64.2 Å². The number of rotatable bonds is 48. The van der Waals surface area contributed by atoms with E-state index in [9.17, 15) is 23.8 Å². The summed E-state index contributed by atoms with van der Waals surface area (Å²) in [6, 6.07) is -1.52. The maximum Gasteiger partial charge on any atom is 0.472 e. The minimum absolute atomic E-state index is 0.148. The van der Waals surface area contributed by atoms with Gasteiger partial charge in [-0.25, -0.2) is 4.57 Å². The van der Waals surface area contributed by atoms with Crippen molar-refractivity contribution in [3.63, 3.8) is 0 Å². The molecule has 364 valence electrons. The second-order valence-corrected chi connectivity index (χ2v) is 18.8. The number of carbonyl (C=O) groups is 3. The molecule has 0 aliphatic heterocycles. The van der Waals surface area contributed by atoms with Crippen molar-refractivity contribution in [1.29, 1.82) is 0 Å². The number of allylic oxidation sites excluding steroid dienone is 4. The second-order valence-electron chi connectivity index (χ2n) is 17.3. The number of phosphoric ester groups is 1. The molecule has 0 saturated heterocycles. The van der Waals surface area contributed by atoms with Crippen LogP contribution in [0.1, 0.15) is 245 Å². The van der Waals surface area contributed by atoms with Crippen molar-refractivity contribution in [2.75, 3.05) is 19.8 Å². The van der Waals surface area contributed by atoms with Gasteiger partial charge in [-0.2, -0.15) is 0 Å². The van der Waals surface area contributed by atoms with Crippen LogP contribution in [0, 0.1) is 0 Å². The summed E-state index contributed by atoms with van der Waals surface area (Å²) in [5.41, 5.74) is 5.35. The first-order chi connectivity index (χ1) is 30.1. The van der Waals surface area contributed by atoms with E-state index in [2.05, 4.69) is 42.7 Å². The van der Waals surface area contributed by atoms with Crippen molar-refractivity contribution in [3.8, 4) is 0 Å². The number of aliphatic carboxylic acids is 1. The Balaban J connectivity index is 4.18. The summed E-state index contributed by atoms with van der Waals surface area (Å²) >= 11 is 0. The fourth-order valence-corrected chi connectivity index (χ4v) is 7.99. The lowest BCUT2D eigenvalue weighted by Crippen LogP contribution is -2.34. The van der Waals surface area contributed by atoms with Crippen LogP contribution in [0.2, 0.25) is 0 Å². The first-order valence-electron chi connectivity index (χ1n) is 25.4. The van der Waals surface area contributed by atoms with E-state index in [1.807, 2.05) is 0 Å². The molecule has 0 amide bonds. The molecule has 0 aromatic rings. The molecule has 4 N–H and O–H groups in total.